The van der Waals surface area contributed by atoms with Gasteiger partial charge < -0.3 is 14.0 Å². The lowest BCUT2D eigenvalue weighted by molar-refractivity contribution is -0.142. The summed E-state index contributed by atoms with van der Waals surface area (Å²) in [6, 6.07) is 3.88. The molecule has 1 unspecified atom stereocenters. The van der Waals surface area contributed by atoms with Crippen molar-refractivity contribution in [3.05, 3.63) is 51.7 Å². The van der Waals surface area contributed by atoms with Crippen molar-refractivity contribution in [1.29, 1.82) is 0 Å². The number of carbonyl (C=O) groups excluding carboxylic acids is 2. The number of fused-ring (bicyclic) bond motifs is 1. The van der Waals surface area contributed by atoms with Crippen LogP contribution in [0.25, 0.3) is 5.65 Å². The second-order valence-corrected chi connectivity index (χ2v) is 8.36. The van der Waals surface area contributed by atoms with Gasteiger partial charge in [-0.2, -0.15) is 5.10 Å². The number of Topliss-reactive ketones (excluding diaryl/α,β-unsaturated/α-hetero) is 1. The molecule has 3 rings (SSSR count). The molecule has 0 aliphatic heterocycles. The van der Waals surface area contributed by atoms with Crippen LogP contribution in [-0.4, -0.2) is 51.2 Å². The Morgan fingerprint density at radius 1 is 1.09 bits per heavy atom. The molecular formula is C24H32N4O4. The normalized spacial score (nSPS) is 12.3. The van der Waals surface area contributed by atoms with E-state index in [2.05, 4.69) is 14.6 Å². The van der Waals surface area contributed by atoms with Crippen molar-refractivity contribution >= 4 is 17.4 Å². The van der Waals surface area contributed by atoms with Crippen LogP contribution >= 0.6 is 0 Å². The van der Waals surface area contributed by atoms with Gasteiger partial charge in [0.15, 0.2) is 12.3 Å². The summed E-state index contributed by atoms with van der Waals surface area (Å²) in [4.78, 5) is 29.6. The Bertz CT molecular complexity index is 1160. The number of carbonyl (C=O) groups is 2. The fourth-order valence-corrected chi connectivity index (χ4v) is 4.38. The number of ether oxygens (including phenoxy) is 2. The molecule has 0 aromatic carbocycles. The number of ketones is 1. The van der Waals surface area contributed by atoms with E-state index in [1.807, 2.05) is 53.7 Å². The van der Waals surface area contributed by atoms with E-state index in [9.17, 15) is 9.59 Å². The minimum absolute atomic E-state index is 0.111. The van der Waals surface area contributed by atoms with Gasteiger partial charge >= 0.3 is 5.97 Å². The third kappa shape index (κ3) is 4.75. The lowest BCUT2D eigenvalue weighted by Gasteiger charge is -2.17. The van der Waals surface area contributed by atoms with Crippen molar-refractivity contribution in [1.82, 2.24) is 19.2 Å². The number of methoxy groups -OCH3 is 1. The average molecular weight is 441 g/mol. The summed E-state index contributed by atoms with van der Waals surface area (Å²) in [5, 5.41) is 4.46. The Morgan fingerprint density at radius 3 is 2.50 bits per heavy atom. The third-order valence-electron chi connectivity index (χ3n) is 5.86. The molecule has 8 nitrogen and oxygen atoms in total. The maximum absolute atomic E-state index is 12.7. The van der Waals surface area contributed by atoms with Gasteiger partial charge in [0.2, 0.25) is 5.78 Å². The smallest absolute Gasteiger partial charge is 0.306 e. The van der Waals surface area contributed by atoms with E-state index < -0.39 is 5.97 Å². The molecule has 32 heavy (non-hydrogen) atoms. The summed E-state index contributed by atoms with van der Waals surface area (Å²) in [6.07, 6.45) is 0.655. The van der Waals surface area contributed by atoms with Gasteiger partial charge in [-0.05, 0) is 59.6 Å². The highest BCUT2D eigenvalue weighted by atomic mass is 16.5. The number of esters is 1. The highest BCUT2D eigenvalue weighted by Gasteiger charge is 2.20. The first-order chi connectivity index (χ1) is 15.1. The molecule has 0 fully saturated rings. The second kappa shape index (κ2) is 9.65. The molecule has 0 saturated heterocycles. The summed E-state index contributed by atoms with van der Waals surface area (Å²) in [7, 11) is 1.66. The zero-order valence-electron chi connectivity index (χ0n) is 20.0. The minimum Gasteiger partial charge on any atom is -0.457 e. The molecular weight excluding hydrogens is 408 g/mol. The monoisotopic (exact) mass is 440 g/mol. The quantitative estimate of drug-likeness (QED) is 0.373. The van der Waals surface area contributed by atoms with Crippen LogP contribution < -0.4 is 0 Å². The largest absolute Gasteiger partial charge is 0.457 e. The molecule has 0 spiro atoms. The van der Waals surface area contributed by atoms with Gasteiger partial charge in [0.1, 0.15) is 0 Å². The Hall–Kier alpha value is -3.00. The summed E-state index contributed by atoms with van der Waals surface area (Å²) in [5.74, 6) is -0.611. The molecule has 8 heteroatoms. The van der Waals surface area contributed by atoms with Crippen LogP contribution in [0.15, 0.2) is 12.1 Å². The lowest BCUT2D eigenvalue weighted by Crippen LogP contribution is -2.17. The van der Waals surface area contributed by atoms with Crippen LogP contribution in [0.4, 0.5) is 0 Å². The van der Waals surface area contributed by atoms with Crippen LogP contribution in [0.2, 0.25) is 0 Å². The Morgan fingerprint density at radius 2 is 1.81 bits per heavy atom. The molecule has 0 aliphatic rings. The maximum atomic E-state index is 12.7. The maximum Gasteiger partial charge on any atom is 0.306 e. The number of hydrogen-bond donors (Lipinski definition) is 0. The van der Waals surface area contributed by atoms with Crippen LogP contribution in [-0.2, 0) is 20.7 Å². The van der Waals surface area contributed by atoms with Crippen molar-refractivity contribution in [3.8, 4) is 0 Å². The summed E-state index contributed by atoms with van der Waals surface area (Å²) < 4.78 is 14.4. The van der Waals surface area contributed by atoms with E-state index in [-0.39, 0.29) is 24.9 Å². The summed E-state index contributed by atoms with van der Waals surface area (Å²) in [5.41, 5.74) is 6.90. The zero-order chi connectivity index (χ0) is 23.6. The van der Waals surface area contributed by atoms with E-state index in [0.29, 0.717) is 18.6 Å². The zero-order valence-corrected chi connectivity index (χ0v) is 20.0. The van der Waals surface area contributed by atoms with Crippen molar-refractivity contribution in [2.45, 2.75) is 60.4 Å². The van der Waals surface area contributed by atoms with Crippen LogP contribution in [0.3, 0.4) is 0 Å². The first kappa shape index (κ1) is 23.7. The average Bonchev–Trinajstić information content (AvgIpc) is 3.24. The van der Waals surface area contributed by atoms with Gasteiger partial charge in [-0.25, -0.2) is 9.50 Å². The fourth-order valence-electron chi connectivity index (χ4n) is 4.38. The molecule has 0 N–H and O–H groups in total. The minimum atomic E-state index is -0.407. The molecule has 1 atom stereocenters. The molecule has 0 radical (unpaired) electrons. The Labute approximate surface area is 188 Å². The van der Waals surface area contributed by atoms with E-state index in [1.165, 1.54) is 0 Å². The second-order valence-electron chi connectivity index (χ2n) is 8.36. The van der Waals surface area contributed by atoms with Crippen molar-refractivity contribution in [2.24, 2.45) is 0 Å². The first-order valence-electron chi connectivity index (χ1n) is 10.8. The Kier molecular flexibility index (Phi) is 7.13. The molecule has 3 aromatic rings. The van der Waals surface area contributed by atoms with Crippen molar-refractivity contribution in [3.63, 3.8) is 0 Å². The van der Waals surface area contributed by atoms with E-state index in [4.69, 9.17) is 9.47 Å². The molecule has 0 aliphatic carbocycles. The Balaban J connectivity index is 1.62. The van der Waals surface area contributed by atoms with Crippen LogP contribution in [0.5, 0.6) is 0 Å². The van der Waals surface area contributed by atoms with Crippen LogP contribution in [0, 0.1) is 34.6 Å². The number of aryl methyl sites for hydroxylation is 4. The molecule has 172 valence electrons. The molecule has 3 aromatic heterocycles. The number of aromatic nitrogens is 4. The molecule has 0 amide bonds. The summed E-state index contributed by atoms with van der Waals surface area (Å²) >= 11 is 0. The first-order valence-corrected chi connectivity index (χ1v) is 10.8. The van der Waals surface area contributed by atoms with E-state index in [1.54, 1.807) is 11.6 Å². The predicted molar refractivity (Wildman–Crippen MR) is 121 cm³/mol. The number of rotatable bonds is 9. The van der Waals surface area contributed by atoms with Crippen molar-refractivity contribution < 1.29 is 19.1 Å². The highest BCUT2D eigenvalue weighted by molar-refractivity contribution is 5.99. The summed E-state index contributed by atoms with van der Waals surface area (Å²) in [6.45, 7) is 12.0. The van der Waals surface area contributed by atoms with E-state index in [0.717, 1.165) is 39.7 Å². The predicted octanol–water partition coefficient (Wildman–Crippen LogP) is 3.64. The molecule has 0 saturated carbocycles. The van der Waals surface area contributed by atoms with E-state index >= 15 is 0 Å². The molecule has 0 bridgehead atoms. The van der Waals surface area contributed by atoms with Crippen molar-refractivity contribution in [2.75, 3.05) is 20.3 Å². The highest BCUT2D eigenvalue weighted by Crippen LogP contribution is 2.21. The van der Waals surface area contributed by atoms with Gasteiger partial charge in [0, 0.05) is 47.9 Å². The van der Waals surface area contributed by atoms with Gasteiger partial charge in [-0.1, -0.05) is 0 Å². The standard InChI is InChI=1S/C24H32N4O4/c1-14-10-23-25-17(4)20(19(6)28(23)26-14)8-9-24(30)32-13-22(29)21-11-15(2)27(18(21)5)16(3)12-31-7/h10-11,16H,8-9,12-13H2,1-7H3. The number of hydrogen-bond acceptors (Lipinski definition) is 6. The van der Waals surface area contributed by atoms with Gasteiger partial charge in [-0.15, -0.1) is 0 Å². The van der Waals surface area contributed by atoms with Crippen LogP contribution in [0.1, 0.15) is 63.8 Å². The third-order valence-corrected chi connectivity index (χ3v) is 5.86. The SMILES string of the molecule is COCC(C)n1c(C)cc(C(=O)COC(=O)CCc2c(C)nc3cc(C)nn3c2C)c1C. The van der Waals surface area contributed by atoms with Gasteiger partial charge in [-0.3, -0.25) is 9.59 Å². The van der Waals surface area contributed by atoms with Gasteiger partial charge in [0.05, 0.1) is 18.3 Å². The fraction of sp³-hybridized carbons (Fsp3) is 0.500. The number of nitrogens with zero attached hydrogens (tertiary/aromatic N) is 4. The molecule has 3 heterocycles. The topological polar surface area (TPSA) is 87.7 Å². The van der Waals surface area contributed by atoms with Gasteiger partial charge in [0.25, 0.3) is 0 Å². The lowest BCUT2D eigenvalue weighted by atomic mass is 10.1.